The van der Waals surface area contributed by atoms with E-state index in [1.165, 1.54) is 0 Å². The molecule has 0 saturated heterocycles. The average molecular weight is 492 g/mol. The number of ether oxygens (including phenoxy) is 2. The molecule has 0 radical (unpaired) electrons. The number of benzene rings is 1. The molecule has 0 unspecified atom stereocenters. The second kappa shape index (κ2) is 7.87. The van der Waals surface area contributed by atoms with Crippen molar-refractivity contribution in [2.75, 3.05) is 13.7 Å². The van der Waals surface area contributed by atoms with Crippen LogP contribution < -0.4 is 15.6 Å². The monoisotopic (exact) mass is 491 g/mol. The normalized spacial score (nSPS) is 21.4. The number of fused-ring (bicyclic) bond motifs is 5. The van der Waals surface area contributed by atoms with Crippen LogP contribution in [0, 0.1) is 0 Å². The molecule has 10 nitrogen and oxygen atoms in total. The summed E-state index contributed by atoms with van der Waals surface area (Å²) in [4.78, 5) is 43.1. The third kappa shape index (κ3) is 2.97. The van der Waals surface area contributed by atoms with Crippen LogP contribution in [-0.2, 0) is 39.5 Å². The minimum Gasteiger partial charge on any atom is -0.497 e. The largest absolute Gasteiger partial charge is 0.497 e. The number of hydrogen-bond donors (Lipinski definition) is 3. The Morgan fingerprint density at radius 3 is 2.83 bits per heavy atom. The summed E-state index contributed by atoms with van der Waals surface area (Å²) < 4.78 is 12.2. The van der Waals surface area contributed by atoms with Gasteiger partial charge in [0.2, 0.25) is 5.91 Å². The fraction of sp³-hybridized carbons (Fsp3) is 0.385. The van der Waals surface area contributed by atoms with E-state index < -0.39 is 24.1 Å². The van der Waals surface area contributed by atoms with E-state index in [0.717, 1.165) is 22.1 Å². The first-order valence-electron chi connectivity index (χ1n) is 11.9. The van der Waals surface area contributed by atoms with Crippen molar-refractivity contribution in [3.8, 4) is 17.1 Å². The highest BCUT2D eigenvalue weighted by molar-refractivity contribution is 5.94. The van der Waals surface area contributed by atoms with Crippen LogP contribution in [0.1, 0.15) is 53.6 Å². The number of aliphatic hydroxyl groups is 2. The summed E-state index contributed by atoms with van der Waals surface area (Å²) in [5, 5.41) is 24.3. The van der Waals surface area contributed by atoms with Crippen molar-refractivity contribution >= 4 is 22.8 Å². The zero-order chi connectivity index (χ0) is 25.4. The molecular formula is C26H25N3O7. The summed E-state index contributed by atoms with van der Waals surface area (Å²) in [6.45, 7) is 1.06. The van der Waals surface area contributed by atoms with Crippen LogP contribution in [0.25, 0.3) is 22.3 Å². The first-order valence-corrected chi connectivity index (χ1v) is 11.9. The van der Waals surface area contributed by atoms with Gasteiger partial charge in [-0.15, -0.1) is 0 Å². The summed E-state index contributed by atoms with van der Waals surface area (Å²) in [7, 11) is 1.58. The van der Waals surface area contributed by atoms with Gasteiger partial charge in [-0.2, -0.15) is 0 Å². The van der Waals surface area contributed by atoms with Gasteiger partial charge in [-0.1, -0.05) is 6.92 Å². The Kier molecular flexibility index (Phi) is 4.96. The number of nitrogens with zero attached hydrogens (tertiary/aromatic N) is 2. The number of carbonyl (C=O) groups is 2. The molecule has 3 N–H and O–H groups in total. The molecule has 3 aromatic rings. The van der Waals surface area contributed by atoms with E-state index in [2.05, 4.69) is 5.32 Å². The number of nitrogens with one attached hydrogen (secondary N) is 1. The Morgan fingerprint density at radius 2 is 2.11 bits per heavy atom. The van der Waals surface area contributed by atoms with E-state index in [9.17, 15) is 24.6 Å². The van der Waals surface area contributed by atoms with E-state index in [-0.39, 0.29) is 42.3 Å². The summed E-state index contributed by atoms with van der Waals surface area (Å²) >= 11 is 0. The van der Waals surface area contributed by atoms with Gasteiger partial charge in [0.15, 0.2) is 5.60 Å². The van der Waals surface area contributed by atoms with Crippen LogP contribution in [0.4, 0.5) is 0 Å². The van der Waals surface area contributed by atoms with Crippen LogP contribution in [0.3, 0.4) is 0 Å². The average Bonchev–Trinajstić information content (AvgIpc) is 3.26. The van der Waals surface area contributed by atoms with E-state index in [4.69, 9.17) is 14.5 Å². The van der Waals surface area contributed by atoms with Crippen LogP contribution in [0.15, 0.2) is 23.0 Å². The number of aryl methyl sites for hydroxylation is 1. The van der Waals surface area contributed by atoms with Gasteiger partial charge in [0.05, 0.1) is 42.2 Å². The maximum Gasteiger partial charge on any atom is 0.343 e. The van der Waals surface area contributed by atoms with Crippen LogP contribution >= 0.6 is 0 Å². The number of rotatable bonds is 4. The second-order valence-electron chi connectivity index (χ2n) is 9.45. The van der Waals surface area contributed by atoms with Gasteiger partial charge in [-0.05, 0) is 42.5 Å². The molecular weight excluding hydrogens is 466 g/mol. The topological polar surface area (TPSA) is 140 Å². The number of aromatic nitrogens is 2. The van der Waals surface area contributed by atoms with Crippen molar-refractivity contribution in [2.24, 2.45) is 0 Å². The van der Waals surface area contributed by atoms with Crippen molar-refractivity contribution in [1.29, 1.82) is 0 Å². The standard InChI is InChI=1S/C26H25N3O7/c1-3-26(34)16-8-19-23-14(9-29(19)24(32)15(16)11-36-25(26)33)22-17(27-20(31)10-30)5-4-12-6-13(35-2)7-18(28-23)21(12)22/h6-8,17,30,34H,3-5,9-11H2,1-2H3,(H,27,31)/t17-,26-/m0/s1. The summed E-state index contributed by atoms with van der Waals surface area (Å²) in [5.74, 6) is -0.608. The fourth-order valence-electron chi connectivity index (χ4n) is 5.83. The highest BCUT2D eigenvalue weighted by Gasteiger charge is 2.45. The minimum atomic E-state index is -1.91. The lowest BCUT2D eigenvalue weighted by molar-refractivity contribution is -0.172. The zero-order valence-corrected chi connectivity index (χ0v) is 19.9. The van der Waals surface area contributed by atoms with Crippen LogP contribution in [-0.4, -0.2) is 45.4 Å². The molecule has 186 valence electrons. The molecule has 2 aliphatic heterocycles. The molecule has 0 spiro atoms. The third-order valence-electron chi connectivity index (χ3n) is 7.65. The van der Waals surface area contributed by atoms with Crippen molar-refractivity contribution in [3.05, 3.63) is 56.4 Å². The molecule has 3 aliphatic rings. The second-order valence-corrected chi connectivity index (χ2v) is 9.45. The van der Waals surface area contributed by atoms with E-state index >= 15 is 0 Å². The molecule has 1 aliphatic carbocycles. The van der Waals surface area contributed by atoms with Gasteiger partial charge >= 0.3 is 5.97 Å². The molecule has 0 fully saturated rings. The van der Waals surface area contributed by atoms with Crippen molar-refractivity contribution in [3.63, 3.8) is 0 Å². The molecule has 2 atom stereocenters. The van der Waals surface area contributed by atoms with Gasteiger partial charge in [0, 0.05) is 22.6 Å². The summed E-state index contributed by atoms with van der Waals surface area (Å²) in [5.41, 5.74) is 2.64. The number of aliphatic hydroxyl groups excluding tert-OH is 1. The molecule has 1 amide bonds. The maximum atomic E-state index is 13.6. The predicted molar refractivity (Wildman–Crippen MR) is 127 cm³/mol. The highest BCUT2D eigenvalue weighted by atomic mass is 16.6. The minimum absolute atomic E-state index is 0.0564. The summed E-state index contributed by atoms with van der Waals surface area (Å²) in [6.07, 6.45) is 1.35. The quantitative estimate of drug-likeness (QED) is 0.362. The molecule has 0 saturated carbocycles. The van der Waals surface area contributed by atoms with Gasteiger partial charge in [0.25, 0.3) is 5.56 Å². The number of esters is 1. The Balaban J connectivity index is 1.65. The van der Waals surface area contributed by atoms with Crippen LogP contribution in [0.2, 0.25) is 0 Å². The van der Waals surface area contributed by atoms with Gasteiger partial charge in [-0.25, -0.2) is 9.78 Å². The Morgan fingerprint density at radius 1 is 1.31 bits per heavy atom. The van der Waals surface area contributed by atoms with Gasteiger partial charge < -0.3 is 29.6 Å². The maximum absolute atomic E-state index is 13.6. The Bertz CT molecular complexity index is 1540. The molecule has 0 bridgehead atoms. The Hall–Kier alpha value is -3.76. The number of pyridine rings is 2. The smallest absolute Gasteiger partial charge is 0.343 e. The lowest BCUT2D eigenvalue weighted by Crippen LogP contribution is -2.44. The molecule has 10 heteroatoms. The lowest BCUT2D eigenvalue weighted by Gasteiger charge is -2.31. The van der Waals surface area contributed by atoms with Crippen molar-refractivity contribution in [1.82, 2.24) is 14.9 Å². The number of hydrogen-bond acceptors (Lipinski definition) is 8. The number of cyclic esters (lactones) is 1. The van der Waals surface area contributed by atoms with E-state index in [0.29, 0.717) is 35.5 Å². The molecule has 6 rings (SSSR count). The van der Waals surface area contributed by atoms with E-state index in [1.54, 1.807) is 24.7 Å². The first-order chi connectivity index (χ1) is 17.3. The highest BCUT2D eigenvalue weighted by Crippen LogP contribution is 2.45. The van der Waals surface area contributed by atoms with Crippen LogP contribution in [0.5, 0.6) is 5.75 Å². The SMILES string of the molecule is CC[C@@]1(O)C(=O)OCc2c1cc1n(c2=O)Cc2c-1nc1cc(OC)cc3c1c2[C@@H](NC(=O)CO)CC3. The third-order valence-corrected chi connectivity index (χ3v) is 7.65. The molecule has 4 heterocycles. The number of methoxy groups -OCH3 is 1. The first kappa shape index (κ1) is 22.7. The Labute approximate surface area is 205 Å². The predicted octanol–water partition coefficient (Wildman–Crippen LogP) is 1.18. The van der Waals surface area contributed by atoms with Gasteiger partial charge in [0.1, 0.15) is 19.0 Å². The van der Waals surface area contributed by atoms with E-state index in [1.807, 2.05) is 12.1 Å². The van der Waals surface area contributed by atoms with Crippen molar-refractivity contribution in [2.45, 2.75) is 51.0 Å². The number of amides is 1. The fourth-order valence-corrected chi connectivity index (χ4v) is 5.83. The molecule has 36 heavy (non-hydrogen) atoms. The van der Waals surface area contributed by atoms with Crippen molar-refractivity contribution < 1.29 is 29.3 Å². The number of carbonyl (C=O) groups excluding carboxylic acids is 2. The molecule has 2 aromatic heterocycles. The lowest BCUT2D eigenvalue weighted by atomic mass is 9.83. The van der Waals surface area contributed by atoms with Gasteiger partial charge in [-0.3, -0.25) is 9.59 Å². The zero-order valence-electron chi connectivity index (χ0n) is 19.9. The summed E-state index contributed by atoms with van der Waals surface area (Å²) in [6, 6.07) is 5.07. The molecule has 1 aromatic carbocycles.